The largest absolute Gasteiger partial charge is 0.351 e. The lowest BCUT2D eigenvalue weighted by atomic mass is 10.1. The number of benzene rings is 1. The van der Waals surface area contributed by atoms with Crippen molar-refractivity contribution < 1.29 is 4.79 Å². The Morgan fingerprint density at radius 2 is 1.88 bits per heavy atom. The van der Waals surface area contributed by atoms with Gasteiger partial charge in [-0.3, -0.25) is 4.79 Å². The number of nitrogens with zero attached hydrogens (tertiary/aromatic N) is 1. The highest BCUT2D eigenvalue weighted by Crippen LogP contribution is 2.05. The number of hydrogen-bond acceptors (Lipinski definition) is 1. The normalized spacial score (nSPS) is 10.8. The first-order valence-corrected chi connectivity index (χ1v) is 5.16. The Hall–Kier alpha value is -2.09. The van der Waals surface area contributed by atoms with E-state index in [0.717, 1.165) is 5.69 Å². The molecule has 2 heteroatoms. The van der Waals surface area contributed by atoms with Crippen molar-refractivity contribution in [3.05, 3.63) is 66.0 Å². The van der Waals surface area contributed by atoms with Gasteiger partial charge < -0.3 is 4.57 Å². The van der Waals surface area contributed by atoms with Crippen LogP contribution in [-0.4, -0.2) is 10.4 Å². The van der Waals surface area contributed by atoms with Crippen molar-refractivity contribution in [2.75, 3.05) is 0 Å². The summed E-state index contributed by atoms with van der Waals surface area (Å²) in [6, 6.07) is 13.2. The molecule has 0 aliphatic rings. The summed E-state index contributed by atoms with van der Waals surface area (Å²) in [6.45, 7) is 0. The summed E-state index contributed by atoms with van der Waals surface area (Å²) in [5.74, 6) is 0.0294. The van der Waals surface area contributed by atoms with Gasteiger partial charge in [0.05, 0.1) is 0 Å². The lowest BCUT2D eigenvalue weighted by Crippen LogP contribution is -1.94. The molecule has 2 rings (SSSR count). The van der Waals surface area contributed by atoms with Gasteiger partial charge in [0.15, 0.2) is 5.78 Å². The molecule has 1 aromatic heterocycles. The summed E-state index contributed by atoms with van der Waals surface area (Å²) < 4.78 is 1.97. The van der Waals surface area contributed by atoms with E-state index < -0.39 is 0 Å². The number of carbonyl (C=O) groups is 1. The zero-order valence-electron chi connectivity index (χ0n) is 9.13. The van der Waals surface area contributed by atoms with Crippen LogP contribution in [0.2, 0.25) is 0 Å². The molecule has 0 N–H and O–H groups in total. The van der Waals surface area contributed by atoms with Crippen LogP contribution in [0.25, 0.3) is 6.08 Å². The van der Waals surface area contributed by atoms with E-state index in [4.69, 9.17) is 0 Å². The summed E-state index contributed by atoms with van der Waals surface area (Å²) >= 11 is 0. The highest BCUT2D eigenvalue weighted by Gasteiger charge is 1.99. The first-order chi connectivity index (χ1) is 7.77. The van der Waals surface area contributed by atoms with E-state index >= 15 is 0 Å². The van der Waals surface area contributed by atoms with Crippen LogP contribution in [-0.2, 0) is 7.05 Å². The number of ketones is 1. The molecule has 0 fully saturated rings. The Labute approximate surface area is 94.8 Å². The van der Waals surface area contributed by atoms with Gasteiger partial charge in [-0.2, -0.15) is 0 Å². The molecule has 0 amide bonds. The lowest BCUT2D eigenvalue weighted by Gasteiger charge is -1.96. The van der Waals surface area contributed by atoms with Crippen LogP contribution < -0.4 is 0 Å². The van der Waals surface area contributed by atoms with Gasteiger partial charge in [0.25, 0.3) is 0 Å². The highest BCUT2D eigenvalue weighted by atomic mass is 16.1. The molecule has 0 atom stereocenters. The molecular formula is C14H13NO. The molecule has 0 aliphatic heterocycles. The van der Waals surface area contributed by atoms with Crippen LogP contribution in [0.15, 0.2) is 54.7 Å². The van der Waals surface area contributed by atoms with Crippen LogP contribution in [0.1, 0.15) is 16.1 Å². The fraction of sp³-hybridized carbons (Fsp3) is 0.0714. The molecule has 80 valence electrons. The number of allylic oxidation sites excluding steroid dienone is 1. The highest BCUT2D eigenvalue weighted by molar-refractivity contribution is 6.06. The van der Waals surface area contributed by atoms with E-state index in [-0.39, 0.29) is 5.78 Å². The SMILES string of the molecule is Cn1cccc1/C=C/C(=O)c1ccccc1. The molecule has 1 aromatic carbocycles. The Bertz CT molecular complexity index is 509. The minimum Gasteiger partial charge on any atom is -0.351 e. The van der Waals surface area contributed by atoms with Gasteiger partial charge in [-0.25, -0.2) is 0 Å². The number of rotatable bonds is 3. The van der Waals surface area contributed by atoms with Gasteiger partial charge in [0, 0.05) is 24.5 Å². The Morgan fingerprint density at radius 1 is 1.12 bits per heavy atom. The third-order valence-electron chi connectivity index (χ3n) is 2.45. The zero-order chi connectivity index (χ0) is 11.4. The average Bonchev–Trinajstić information content (AvgIpc) is 2.73. The van der Waals surface area contributed by atoms with Crippen molar-refractivity contribution in [1.29, 1.82) is 0 Å². The molecule has 0 bridgehead atoms. The van der Waals surface area contributed by atoms with Crippen LogP contribution in [0.4, 0.5) is 0 Å². The van der Waals surface area contributed by atoms with Crippen molar-refractivity contribution in [2.45, 2.75) is 0 Å². The molecule has 0 spiro atoms. The van der Waals surface area contributed by atoms with Crippen LogP contribution in [0.5, 0.6) is 0 Å². The number of aromatic nitrogens is 1. The van der Waals surface area contributed by atoms with Crippen molar-refractivity contribution >= 4 is 11.9 Å². The quantitative estimate of drug-likeness (QED) is 0.565. The lowest BCUT2D eigenvalue weighted by molar-refractivity contribution is 0.104. The summed E-state index contributed by atoms with van der Waals surface area (Å²) in [4.78, 5) is 11.8. The van der Waals surface area contributed by atoms with E-state index in [2.05, 4.69) is 0 Å². The van der Waals surface area contributed by atoms with Crippen molar-refractivity contribution in [2.24, 2.45) is 7.05 Å². The topological polar surface area (TPSA) is 22.0 Å². The first-order valence-electron chi connectivity index (χ1n) is 5.16. The van der Waals surface area contributed by atoms with Gasteiger partial charge >= 0.3 is 0 Å². The molecule has 0 saturated heterocycles. The minimum atomic E-state index is 0.0294. The number of aryl methyl sites for hydroxylation is 1. The Morgan fingerprint density at radius 3 is 2.50 bits per heavy atom. The van der Waals surface area contributed by atoms with E-state index in [1.165, 1.54) is 0 Å². The van der Waals surface area contributed by atoms with Gasteiger partial charge in [-0.15, -0.1) is 0 Å². The van der Waals surface area contributed by atoms with E-state index in [1.807, 2.05) is 66.4 Å². The third-order valence-corrected chi connectivity index (χ3v) is 2.45. The predicted octanol–water partition coefficient (Wildman–Crippen LogP) is 2.92. The van der Waals surface area contributed by atoms with Gasteiger partial charge in [-0.05, 0) is 24.3 Å². The van der Waals surface area contributed by atoms with Gasteiger partial charge in [-0.1, -0.05) is 30.3 Å². The van der Waals surface area contributed by atoms with Crippen LogP contribution >= 0.6 is 0 Å². The molecule has 2 nitrogen and oxygen atoms in total. The maximum absolute atomic E-state index is 11.8. The van der Waals surface area contributed by atoms with E-state index in [0.29, 0.717) is 5.56 Å². The summed E-state index contributed by atoms with van der Waals surface area (Å²) in [6.07, 6.45) is 5.38. The third kappa shape index (κ3) is 2.28. The molecule has 16 heavy (non-hydrogen) atoms. The number of carbonyl (C=O) groups excluding carboxylic acids is 1. The average molecular weight is 211 g/mol. The Kier molecular flexibility index (Phi) is 3.01. The molecule has 0 saturated carbocycles. The predicted molar refractivity (Wildman–Crippen MR) is 65.2 cm³/mol. The van der Waals surface area contributed by atoms with Gasteiger partial charge in [0.2, 0.25) is 0 Å². The standard InChI is InChI=1S/C14H13NO/c1-15-11-5-8-13(15)9-10-14(16)12-6-3-2-4-7-12/h2-11H,1H3/b10-9+. The van der Waals surface area contributed by atoms with Crippen LogP contribution in [0, 0.1) is 0 Å². The van der Waals surface area contributed by atoms with Gasteiger partial charge in [0.1, 0.15) is 0 Å². The molecular weight excluding hydrogens is 198 g/mol. The fourth-order valence-corrected chi connectivity index (χ4v) is 1.51. The summed E-state index contributed by atoms with van der Waals surface area (Å²) in [7, 11) is 1.95. The minimum absolute atomic E-state index is 0.0294. The molecule has 1 heterocycles. The second kappa shape index (κ2) is 4.62. The number of hydrogen-bond donors (Lipinski definition) is 0. The molecule has 2 aromatic rings. The summed E-state index contributed by atoms with van der Waals surface area (Å²) in [5.41, 5.74) is 1.73. The van der Waals surface area contributed by atoms with Crippen molar-refractivity contribution in [3.63, 3.8) is 0 Å². The van der Waals surface area contributed by atoms with E-state index in [1.54, 1.807) is 6.08 Å². The van der Waals surface area contributed by atoms with E-state index in [9.17, 15) is 4.79 Å². The maximum atomic E-state index is 11.8. The summed E-state index contributed by atoms with van der Waals surface area (Å²) in [5, 5.41) is 0. The van der Waals surface area contributed by atoms with Crippen LogP contribution in [0.3, 0.4) is 0 Å². The molecule has 0 unspecified atom stereocenters. The Balaban J connectivity index is 2.15. The maximum Gasteiger partial charge on any atom is 0.185 e. The van der Waals surface area contributed by atoms with Crippen molar-refractivity contribution in [1.82, 2.24) is 4.57 Å². The molecule has 0 aliphatic carbocycles. The van der Waals surface area contributed by atoms with Crippen molar-refractivity contribution in [3.8, 4) is 0 Å². The monoisotopic (exact) mass is 211 g/mol. The second-order valence-electron chi connectivity index (χ2n) is 3.61. The smallest absolute Gasteiger partial charge is 0.185 e. The first kappa shape index (κ1) is 10.4. The molecule has 0 radical (unpaired) electrons. The zero-order valence-corrected chi connectivity index (χ0v) is 9.13. The fourth-order valence-electron chi connectivity index (χ4n) is 1.51. The second-order valence-corrected chi connectivity index (χ2v) is 3.61.